The largest absolute Gasteiger partial charge is 0.369 e. The van der Waals surface area contributed by atoms with Crippen LogP contribution in [0.25, 0.3) is 0 Å². The number of hydrogen-bond donors (Lipinski definition) is 1. The van der Waals surface area contributed by atoms with Gasteiger partial charge in [-0.05, 0) is 36.2 Å². The van der Waals surface area contributed by atoms with E-state index >= 15 is 0 Å². The number of carbonyl (C=O) groups excluding carboxylic acids is 1. The molecule has 0 bridgehead atoms. The van der Waals surface area contributed by atoms with Crippen LogP contribution < -0.4 is 5.32 Å². The average Bonchev–Trinajstić information content (AvgIpc) is 2.53. The van der Waals surface area contributed by atoms with Gasteiger partial charge in [0.15, 0.2) is 5.69 Å². The smallest absolute Gasteiger partial charge is 0.274 e. The fourth-order valence-corrected chi connectivity index (χ4v) is 1.82. The van der Waals surface area contributed by atoms with Crippen molar-refractivity contribution in [2.24, 2.45) is 0 Å². The van der Waals surface area contributed by atoms with E-state index in [1.54, 1.807) is 36.5 Å². The number of anilines is 1. The van der Waals surface area contributed by atoms with Crippen molar-refractivity contribution >= 4 is 11.7 Å². The van der Waals surface area contributed by atoms with Gasteiger partial charge in [0.1, 0.15) is 5.82 Å². The summed E-state index contributed by atoms with van der Waals surface area (Å²) in [6.45, 7) is 3.43. The molecule has 2 rings (SSSR count). The average molecular weight is 285 g/mol. The fourth-order valence-electron chi connectivity index (χ4n) is 1.82. The minimum Gasteiger partial charge on any atom is -0.369 e. The second kappa shape index (κ2) is 7.33. The third-order valence-corrected chi connectivity index (χ3v) is 2.96. The van der Waals surface area contributed by atoms with Crippen molar-refractivity contribution in [3.8, 4) is 0 Å². The number of aromatic nitrogens is 3. The van der Waals surface area contributed by atoms with Crippen LogP contribution in [0.15, 0.2) is 36.7 Å². The van der Waals surface area contributed by atoms with Gasteiger partial charge < -0.3 is 10.2 Å². The topological polar surface area (TPSA) is 71.0 Å². The van der Waals surface area contributed by atoms with Crippen molar-refractivity contribution in [2.45, 2.75) is 19.9 Å². The third kappa shape index (κ3) is 4.24. The lowest BCUT2D eigenvalue weighted by Crippen LogP contribution is -2.27. The molecule has 0 atom stereocenters. The van der Waals surface area contributed by atoms with Gasteiger partial charge in [-0.15, -0.1) is 10.2 Å². The van der Waals surface area contributed by atoms with Gasteiger partial charge in [0.25, 0.3) is 5.91 Å². The van der Waals surface area contributed by atoms with Gasteiger partial charge >= 0.3 is 0 Å². The summed E-state index contributed by atoms with van der Waals surface area (Å²) >= 11 is 0. The van der Waals surface area contributed by atoms with Crippen molar-refractivity contribution in [2.75, 3.05) is 18.9 Å². The standard InChI is InChI=1S/C15H19N5O/c1-3-8-17-14-5-4-13(18-19-14)15(21)20(2)11-12-6-9-16-10-7-12/h4-7,9-10H,3,8,11H2,1-2H3,(H,17,19). The lowest BCUT2D eigenvalue weighted by atomic mass is 10.2. The molecule has 2 aromatic heterocycles. The third-order valence-electron chi connectivity index (χ3n) is 2.96. The Morgan fingerprint density at radius 1 is 1.19 bits per heavy atom. The van der Waals surface area contributed by atoms with E-state index in [1.807, 2.05) is 12.1 Å². The second-order valence-electron chi connectivity index (χ2n) is 4.75. The first-order chi connectivity index (χ1) is 10.2. The van der Waals surface area contributed by atoms with E-state index in [9.17, 15) is 4.79 Å². The van der Waals surface area contributed by atoms with E-state index in [0.717, 1.165) is 18.5 Å². The zero-order valence-corrected chi connectivity index (χ0v) is 12.3. The molecule has 1 amide bonds. The van der Waals surface area contributed by atoms with Crippen LogP contribution in [0, 0.1) is 0 Å². The second-order valence-corrected chi connectivity index (χ2v) is 4.75. The summed E-state index contributed by atoms with van der Waals surface area (Å²) in [5.41, 5.74) is 1.36. The monoisotopic (exact) mass is 285 g/mol. The first kappa shape index (κ1) is 14.9. The molecule has 0 unspecified atom stereocenters. The van der Waals surface area contributed by atoms with E-state index < -0.39 is 0 Å². The normalized spacial score (nSPS) is 10.2. The van der Waals surface area contributed by atoms with Crippen molar-refractivity contribution in [1.29, 1.82) is 0 Å². The first-order valence-electron chi connectivity index (χ1n) is 6.92. The molecule has 2 aromatic rings. The maximum Gasteiger partial charge on any atom is 0.274 e. The van der Waals surface area contributed by atoms with Crippen LogP contribution in [0.2, 0.25) is 0 Å². The first-order valence-corrected chi connectivity index (χ1v) is 6.92. The van der Waals surface area contributed by atoms with Crippen molar-refractivity contribution in [3.63, 3.8) is 0 Å². The molecule has 0 aromatic carbocycles. The number of rotatable bonds is 6. The number of amides is 1. The summed E-state index contributed by atoms with van der Waals surface area (Å²) in [5, 5.41) is 11.1. The van der Waals surface area contributed by atoms with Crippen LogP contribution in [0.1, 0.15) is 29.4 Å². The van der Waals surface area contributed by atoms with Gasteiger partial charge in [0.2, 0.25) is 0 Å². The Bertz CT molecular complexity index is 570. The van der Waals surface area contributed by atoms with Crippen molar-refractivity contribution in [1.82, 2.24) is 20.1 Å². The molecule has 0 fully saturated rings. The molecule has 0 aliphatic rings. The highest BCUT2D eigenvalue weighted by molar-refractivity contribution is 5.92. The van der Waals surface area contributed by atoms with E-state index in [1.165, 1.54) is 0 Å². The number of carbonyl (C=O) groups is 1. The van der Waals surface area contributed by atoms with Crippen LogP contribution in [0.4, 0.5) is 5.82 Å². The van der Waals surface area contributed by atoms with Gasteiger partial charge in [-0.1, -0.05) is 6.92 Å². The molecular weight excluding hydrogens is 266 g/mol. The molecule has 0 saturated heterocycles. The highest BCUT2D eigenvalue weighted by Crippen LogP contribution is 2.07. The van der Waals surface area contributed by atoms with Gasteiger partial charge in [0.05, 0.1) is 0 Å². The zero-order valence-electron chi connectivity index (χ0n) is 12.3. The molecule has 110 valence electrons. The Morgan fingerprint density at radius 3 is 2.57 bits per heavy atom. The Labute approximate surface area is 124 Å². The van der Waals surface area contributed by atoms with Gasteiger partial charge in [-0.2, -0.15) is 0 Å². The number of pyridine rings is 1. The van der Waals surface area contributed by atoms with Gasteiger partial charge in [0, 0.05) is 32.5 Å². The highest BCUT2D eigenvalue weighted by atomic mass is 16.2. The number of nitrogens with one attached hydrogen (secondary N) is 1. The van der Waals surface area contributed by atoms with E-state index in [4.69, 9.17) is 0 Å². The summed E-state index contributed by atoms with van der Waals surface area (Å²) in [5.74, 6) is 0.534. The minimum atomic E-state index is -0.152. The Balaban J connectivity index is 1.98. The van der Waals surface area contributed by atoms with E-state index in [2.05, 4.69) is 27.4 Å². The molecule has 0 aliphatic heterocycles. The lowest BCUT2D eigenvalue weighted by molar-refractivity contribution is 0.0778. The van der Waals surface area contributed by atoms with Gasteiger partial charge in [-0.25, -0.2) is 0 Å². The predicted molar refractivity (Wildman–Crippen MR) is 80.8 cm³/mol. The lowest BCUT2D eigenvalue weighted by Gasteiger charge is -2.16. The molecule has 21 heavy (non-hydrogen) atoms. The minimum absolute atomic E-state index is 0.152. The molecule has 0 aliphatic carbocycles. The molecule has 0 spiro atoms. The summed E-state index contributed by atoms with van der Waals surface area (Å²) < 4.78 is 0. The Kier molecular flexibility index (Phi) is 5.20. The van der Waals surface area contributed by atoms with Crippen LogP contribution in [0.5, 0.6) is 0 Å². The predicted octanol–water partition coefficient (Wildman–Crippen LogP) is 1.97. The van der Waals surface area contributed by atoms with E-state index in [0.29, 0.717) is 18.1 Å². The summed E-state index contributed by atoms with van der Waals surface area (Å²) in [4.78, 5) is 17.8. The Hall–Kier alpha value is -2.50. The molecule has 0 saturated carbocycles. The Morgan fingerprint density at radius 2 is 1.95 bits per heavy atom. The zero-order chi connectivity index (χ0) is 15.1. The number of hydrogen-bond acceptors (Lipinski definition) is 5. The van der Waals surface area contributed by atoms with Crippen molar-refractivity contribution < 1.29 is 4.79 Å². The molecule has 0 radical (unpaired) electrons. The van der Waals surface area contributed by atoms with Crippen LogP contribution in [-0.4, -0.2) is 39.6 Å². The van der Waals surface area contributed by atoms with Crippen LogP contribution in [-0.2, 0) is 6.54 Å². The molecule has 6 heteroatoms. The van der Waals surface area contributed by atoms with Gasteiger partial charge in [-0.3, -0.25) is 9.78 Å². The highest BCUT2D eigenvalue weighted by Gasteiger charge is 2.14. The fraction of sp³-hybridized carbons (Fsp3) is 0.333. The maximum absolute atomic E-state index is 12.3. The maximum atomic E-state index is 12.3. The van der Waals surface area contributed by atoms with Crippen LogP contribution >= 0.6 is 0 Å². The summed E-state index contributed by atoms with van der Waals surface area (Å²) in [6, 6.07) is 7.23. The molecule has 6 nitrogen and oxygen atoms in total. The number of nitrogens with zero attached hydrogens (tertiary/aromatic N) is 4. The molecular formula is C15H19N5O. The SMILES string of the molecule is CCCNc1ccc(C(=O)N(C)Cc2ccncc2)nn1. The summed E-state index contributed by atoms with van der Waals surface area (Å²) in [6.07, 6.45) is 4.43. The summed E-state index contributed by atoms with van der Waals surface area (Å²) in [7, 11) is 1.74. The van der Waals surface area contributed by atoms with Crippen LogP contribution in [0.3, 0.4) is 0 Å². The molecule has 1 N–H and O–H groups in total. The quantitative estimate of drug-likeness (QED) is 0.878. The van der Waals surface area contributed by atoms with E-state index in [-0.39, 0.29) is 5.91 Å². The molecule has 2 heterocycles. The van der Waals surface area contributed by atoms with Crippen molar-refractivity contribution in [3.05, 3.63) is 47.9 Å².